The van der Waals surface area contributed by atoms with Gasteiger partial charge < -0.3 is 5.32 Å². The van der Waals surface area contributed by atoms with Crippen molar-refractivity contribution >= 4 is 37.4 Å². The number of nitrogens with one attached hydrogen (secondary N) is 1. The van der Waals surface area contributed by atoms with Gasteiger partial charge in [0, 0.05) is 24.0 Å². The third-order valence-corrected chi connectivity index (χ3v) is 8.45. The van der Waals surface area contributed by atoms with Gasteiger partial charge in [-0.15, -0.1) is 11.3 Å². The summed E-state index contributed by atoms with van der Waals surface area (Å²) in [5, 5.41) is 4.61. The van der Waals surface area contributed by atoms with Gasteiger partial charge in [-0.2, -0.15) is 4.31 Å². The molecule has 0 bridgehead atoms. The highest BCUT2D eigenvalue weighted by Gasteiger charge is 2.29. The number of aromatic nitrogens is 2. The summed E-state index contributed by atoms with van der Waals surface area (Å²) >= 11 is 1.68. The summed E-state index contributed by atoms with van der Waals surface area (Å²) in [6.45, 7) is 7.15. The zero-order chi connectivity index (χ0) is 19.9. The molecule has 28 heavy (non-hydrogen) atoms. The zero-order valence-electron chi connectivity index (χ0n) is 16.3. The van der Waals surface area contributed by atoms with Gasteiger partial charge in [-0.1, -0.05) is 17.7 Å². The Bertz CT molecular complexity index is 1100. The Kier molecular flexibility index (Phi) is 5.11. The third-order valence-electron chi connectivity index (χ3n) is 5.42. The fourth-order valence-corrected chi connectivity index (χ4v) is 6.05. The largest absolute Gasteiger partial charge is 0.367 e. The smallest absolute Gasteiger partial charge is 0.243 e. The summed E-state index contributed by atoms with van der Waals surface area (Å²) in [5.74, 6) is 0.853. The van der Waals surface area contributed by atoms with Crippen molar-refractivity contribution in [1.82, 2.24) is 14.3 Å². The predicted molar refractivity (Wildman–Crippen MR) is 113 cm³/mol. The molecule has 6 nitrogen and oxygen atoms in total. The molecule has 1 aromatic carbocycles. The average Bonchev–Trinajstić information content (AvgIpc) is 2.97. The number of piperidine rings is 1. The van der Waals surface area contributed by atoms with Gasteiger partial charge >= 0.3 is 0 Å². The highest BCUT2D eigenvalue weighted by Crippen LogP contribution is 2.33. The topological polar surface area (TPSA) is 75.2 Å². The highest BCUT2D eigenvalue weighted by atomic mass is 32.2. The van der Waals surface area contributed by atoms with Gasteiger partial charge in [-0.25, -0.2) is 18.4 Å². The number of benzene rings is 1. The fraction of sp³-hybridized carbons (Fsp3) is 0.400. The Labute approximate surface area is 169 Å². The van der Waals surface area contributed by atoms with Crippen LogP contribution in [0.5, 0.6) is 0 Å². The summed E-state index contributed by atoms with van der Waals surface area (Å²) in [7, 11) is -3.43. The molecule has 0 atom stereocenters. The minimum absolute atomic E-state index is 0.196. The Morgan fingerprint density at radius 1 is 1.07 bits per heavy atom. The van der Waals surface area contributed by atoms with Crippen LogP contribution in [0.1, 0.15) is 28.8 Å². The van der Waals surface area contributed by atoms with Crippen molar-refractivity contribution in [2.24, 2.45) is 0 Å². The standard InChI is InChI=1S/C20H24N4O2S2/c1-13-4-6-17(7-5-13)28(25,26)24-10-8-16(9-11-24)23-19-18-14(2)15(3)27-20(18)22-12-21-19/h4-7,12,16H,8-11H2,1-3H3,(H,21,22,23). The molecule has 0 aliphatic carbocycles. The van der Waals surface area contributed by atoms with Gasteiger partial charge in [0.15, 0.2) is 0 Å². The van der Waals surface area contributed by atoms with Crippen LogP contribution in [0.25, 0.3) is 10.2 Å². The van der Waals surface area contributed by atoms with Crippen LogP contribution in [0.4, 0.5) is 5.82 Å². The fourth-order valence-electron chi connectivity index (χ4n) is 3.58. The Hall–Kier alpha value is -2.03. The normalized spacial score (nSPS) is 16.5. The molecule has 0 unspecified atom stereocenters. The van der Waals surface area contributed by atoms with E-state index in [0.29, 0.717) is 18.0 Å². The van der Waals surface area contributed by atoms with E-state index in [9.17, 15) is 8.42 Å². The molecule has 148 valence electrons. The molecule has 3 aromatic rings. The minimum Gasteiger partial charge on any atom is -0.367 e. The Morgan fingerprint density at radius 2 is 1.75 bits per heavy atom. The molecule has 2 aromatic heterocycles. The molecule has 0 amide bonds. The first-order chi connectivity index (χ1) is 13.4. The molecule has 8 heteroatoms. The average molecular weight is 417 g/mol. The van der Waals surface area contributed by atoms with Gasteiger partial charge in [-0.3, -0.25) is 0 Å². The Morgan fingerprint density at radius 3 is 2.43 bits per heavy atom. The molecule has 3 heterocycles. The second kappa shape index (κ2) is 7.42. The molecule has 4 rings (SSSR count). The second-order valence-electron chi connectivity index (χ2n) is 7.32. The lowest BCUT2D eigenvalue weighted by Gasteiger charge is -2.32. The Balaban J connectivity index is 1.47. The van der Waals surface area contributed by atoms with Crippen LogP contribution in [0.15, 0.2) is 35.5 Å². The van der Waals surface area contributed by atoms with Gasteiger partial charge in [-0.05, 0) is 51.3 Å². The monoisotopic (exact) mass is 416 g/mol. The van der Waals surface area contributed by atoms with Crippen LogP contribution in [0, 0.1) is 20.8 Å². The predicted octanol–water partition coefficient (Wildman–Crippen LogP) is 3.88. The first kappa shape index (κ1) is 19.3. The molecule has 1 aliphatic heterocycles. The van der Waals surface area contributed by atoms with E-state index in [1.807, 2.05) is 19.1 Å². The van der Waals surface area contributed by atoms with Crippen molar-refractivity contribution in [3.63, 3.8) is 0 Å². The van der Waals surface area contributed by atoms with Crippen LogP contribution in [-0.4, -0.2) is 41.8 Å². The maximum absolute atomic E-state index is 12.9. The van der Waals surface area contributed by atoms with Crippen molar-refractivity contribution in [2.75, 3.05) is 18.4 Å². The first-order valence-electron chi connectivity index (χ1n) is 9.40. The molecule has 0 saturated carbocycles. The minimum atomic E-state index is -3.43. The molecule has 1 aliphatic rings. The van der Waals surface area contributed by atoms with Gasteiger partial charge in [0.05, 0.1) is 10.3 Å². The lowest BCUT2D eigenvalue weighted by atomic mass is 10.1. The lowest BCUT2D eigenvalue weighted by molar-refractivity contribution is 0.329. The molecular weight excluding hydrogens is 392 g/mol. The number of nitrogens with zero attached hydrogens (tertiary/aromatic N) is 3. The van der Waals surface area contributed by atoms with Crippen LogP contribution in [-0.2, 0) is 10.0 Å². The zero-order valence-corrected chi connectivity index (χ0v) is 17.9. The van der Waals surface area contributed by atoms with Crippen LogP contribution < -0.4 is 5.32 Å². The van der Waals surface area contributed by atoms with Crippen molar-refractivity contribution in [3.05, 3.63) is 46.6 Å². The summed E-state index contributed by atoms with van der Waals surface area (Å²) < 4.78 is 27.3. The molecule has 1 N–H and O–H groups in total. The number of anilines is 1. The lowest BCUT2D eigenvalue weighted by Crippen LogP contribution is -2.42. The summed E-state index contributed by atoms with van der Waals surface area (Å²) in [5.41, 5.74) is 2.26. The van der Waals surface area contributed by atoms with E-state index in [1.165, 1.54) is 10.4 Å². The summed E-state index contributed by atoms with van der Waals surface area (Å²) in [4.78, 5) is 11.4. The van der Waals surface area contributed by atoms with Crippen molar-refractivity contribution in [1.29, 1.82) is 0 Å². The quantitative estimate of drug-likeness (QED) is 0.698. The highest BCUT2D eigenvalue weighted by molar-refractivity contribution is 7.89. The van der Waals surface area contributed by atoms with E-state index in [2.05, 4.69) is 29.1 Å². The van der Waals surface area contributed by atoms with E-state index >= 15 is 0 Å². The van der Waals surface area contributed by atoms with E-state index in [4.69, 9.17) is 0 Å². The molecule has 1 fully saturated rings. The van der Waals surface area contributed by atoms with Crippen molar-refractivity contribution < 1.29 is 8.42 Å². The van der Waals surface area contributed by atoms with Gasteiger partial charge in [0.2, 0.25) is 10.0 Å². The van der Waals surface area contributed by atoms with Crippen molar-refractivity contribution in [2.45, 2.75) is 44.6 Å². The van der Waals surface area contributed by atoms with Crippen LogP contribution in [0.3, 0.4) is 0 Å². The molecule has 0 radical (unpaired) electrons. The number of hydrogen-bond donors (Lipinski definition) is 1. The van der Waals surface area contributed by atoms with Gasteiger partial charge in [0.1, 0.15) is 17.0 Å². The summed E-state index contributed by atoms with van der Waals surface area (Å²) in [6, 6.07) is 7.25. The third kappa shape index (κ3) is 3.52. The van der Waals surface area contributed by atoms with E-state index in [0.717, 1.165) is 34.4 Å². The summed E-state index contributed by atoms with van der Waals surface area (Å²) in [6.07, 6.45) is 3.09. The van der Waals surface area contributed by atoms with E-state index < -0.39 is 10.0 Å². The van der Waals surface area contributed by atoms with E-state index in [-0.39, 0.29) is 6.04 Å². The maximum Gasteiger partial charge on any atom is 0.243 e. The van der Waals surface area contributed by atoms with Crippen LogP contribution >= 0.6 is 11.3 Å². The van der Waals surface area contributed by atoms with Crippen molar-refractivity contribution in [3.8, 4) is 0 Å². The second-order valence-corrected chi connectivity index (χ2v) is 10.5. The number of hydrogen-bond acceptors (Lipinski definition) is 6. The number of aryl methyl sites for hydroxylation is 3. The van der Waals surface area contributed by atoms with Gasteiger partial charge in [0.25, 0.3) is 0 Å². The number of fused-ring (bicyclic) bond motifs is 1. The van der Waals surface area contributed by atoms with E-state index in [1.54, 1.807) is 34.1 Å². The maximum atomic E-state index is 12.9. The van der Waals surface area contributed by atoms with Crippen LogP contribution in [0.2, 0.25) is 0 Å². The number of thiophene rings is 1. The first-order valence-corrected chi connectivity index (χ1v) is 11.7. The molecule has 1 saturated heterocycles. The molecular formula is C20H24N4O2S2. The SMILES string of the molecule is Cc1ccc(S(=O)(=O)N2CCC(Nc3ncnc4sc(C)c(C)c34)CC2)cc1. The molecule has 0 spiro atoms. The number of sulfonamides is 1. The number of rotatable bonds is 4.